The topological polar surface area (TPSA) is 83.6 Å². The number of nitrogens with zero attached hydrogens (tertiary/aromatic N) is 1. The van der Waals surface area contributed by atoms with Crippen molar-refractivity contribution in [3.8, 4) is 0 Å². The maximum Gasteiger partial charge on any atom is 0.247 e. The van der Waals surface area contributed by atoms with Gasteiger partial charge >= 0.3 is 0 Å². The average Bonchev–Trinajstić information content (AvgIpc) is 2.56. The summed E-state index contributed by atoms with van der Waals surface area (Å²) in [6, 6.07) is 3.99. The summed E-state index contributed by atoms with van der Waals surface area (Å²) in [6.07, 6.45) is 3.02. The van der Waals surface area contributed by atoms with Crippen molar-refractivity contribution in [2.75, 3.05) is 18.1 Å². The summed E-state index contributed by atoms with van der Waals surface area (Å²) in [4.78, 5) is 26.5. The van der Waals surface area contributed by atoms with Crippen molar-refractivity contribution >= 4 is 50.5 Å². The van der Waals surface area contributed by atoms with Crippen molar-refractivity contribution in [2.24, 2.45) is 0 Å². The number of sulfone groups is 1. The van der Waals surface area contributed by atoms with Gasteiger partial charge in [-0.2, -0.15) is 0 Å². The quantitative estimate of drug-likeness (QED) is 0.832. The van der Waals surface area contributed by atoms with E-state index in [-0.39, 0.29) is 5.91 Å². The van der Waals surface area contributed by atoms with Gasteiger partial charge in [0.25, 0.3) is 0 Å². The Kier molecular flexibility index (Phi) is 6.35. The highest BCUT2D eigenvalue weighted by Gasteiger charge is 2.37. The maximum absolute atomic E-state index is 12.6. The molecule has 0 aromatic heterocycles. The van der Waals surface area contributed by atoms with E-state index in [1.165, 1.54) is 17.9 Å². The van der Waals surface area contributed by atoms with Gasteiger partial charge in [-0.3, -0.25) is 9.59 Å². The number of amides is 2. The van der Waals surface area contributed by atoms with Crippen LogP contribution in [-0.2, 0) is 19.4 Å². The zero-order chi connectivity index (χ0) is 18.8. The molecule has 1 heterocycles. The summed E-state index contributed by atoms with van der Waals surface area (Å²) in [5.74, 6) is -0.913. The zero-order valence-corrected chi connectivity index (χ0v) is 16.3. The lowest BCUT2D eigenvalue weighted by molar-refractivity contribution is -0.139. The highest BCUT2D eigenvalue weighted by atomic mass is 35.5. The second-order valence-corrected chi connectivity index (χ2v) is 9.31. The molecule has 1 aromatic carbocycles. The van der Waals surface area contributed by atoms with Crippen LogP contribution in [0.4, 0.5) is 5.69 Å². The van der Waals surface area contributed by atoms with Crippen molar-refractivity contribution in [2.45, 2.75) is 37.5 Å². The molecule has 1 saturated heterocycles. The molecule has 1 aromatic rings. The van der Waals surface area contributed by atoms with Crippen molar-refractivity contribution in [1.82, 2.24) is 4.90 Å². The molecule has 0 radical (unpaired) electrons. The van der Waals surface area contributed by atoms with Crippen LogP contribution >= 0.6 is 23.2 Å². The standard InChI is InChI=1S/C16H20Cl2N2O4S/c1-10(25(2,23)24)16(22)20-8-4-3-5-14(20)15(21)19-11-6-7-12(17)13(18)9-11/h6-7,9-10,14H,3-5,8H2,1-2H3,(H,19,21)/t10-,14-/m1/s1. The highest BCUT2D eigenvalue weighted by Crippen LogP contribution is 2.26. The predicted molar refractivity (Wildman–Crippen MR) is 98.7 cm³/mol. The van der Waals surface area contributed by atoms with Gasteiger partial charge in [0.2, 0.25) is 11.8 Å². The number of benzene rings is 1. The van der Waals surface area contributed by atoms with Gasteiger partial charge in [-0.15, -0.1) is 0 Å². The SMILES string of the molecule is C[C@H](C(=O)N1CCCC[C@@H]1C(=O)Nc1ccc(Cl)c(Cl)c1)S(C)(=O)=O. The highest BCUT2D eigenvalue weighted by molar-refractivity contribution is 7.92. The molecule has 2 amide bonds. The van der Waals surface area contributed by atoms with E-state index in [0.717, 1.165) is 19.1 Å². The summed E-state index contributed by atoms with van der Waals surface area (Å²) in [5.41, 5.74) is 0.466. The number of nitrogens with one attached hydrogen (secondary N) is 1. The van der Waals surface area contributed by atoms with Crippen LogP contribution in [0, 0.1) is 0 Å². The third-order valence-corrected chi connectivity index (χ3v) is 6.49. The van der Waals surface area contributed by atoms with E-state index >= 15 is 0 Å². The lowest BCUT2D eigenvalue weighted by Crippen LogP contribution is -2.53. The molecule has 2 atom stereocenters. The van der Waals surface area contributed by atoms with Gasteiger partial charge in [0.05, 0.1) is 10.0 Å². The number of halogens is 2. The largest absolute Gasteiger partial charge is 0.330 e. The molecular weight excluding hydrogens is 387 g/mol. The molecule has 0 saturated carbocycles. The second kappa shape index (κ2) is 7.93. The molecule has 1 aliphatic rings. The first-order valence-electron chi connectivity index (χ1n) is 7.86. The van der Waals surface area contributed by atoms with E-state index in [1.807, 2.05) is 0 Å². The van der Waals surface area contributed by atoms with Crippen LogP contribution in [0.5, 0.6) is 0 Å². The minimum atomic E-state index is -3.52. The van der Waals surface area contributed by atoms with Crippen molar-refractivity contribution in [3.63, 3.8) is 0 Å². The Morgan fingerprint density at radius 3 is 2.52 bits per heavy atom. The fraction of sp³-hybridized carbons (Fsp3) is 0.500. The summed E-state index contributed by atoms with van der Waals surface area (Å²) < 4.78 is 23.4. The number of likely N-dealkylation sites (tertiary alicyclic amines) is 1. The van der Waals surface area contributed by atoms with E-state index in [0.29, 0.717) is 28.7 Å². The summed E-state index contributed by atoms with van der Waals surface area (Å²) in [6.45, 7) is 1.71. The third-order valence-electron chi connectivity index (χ3n) is 4.27. The van der Waals surface area contributed by atoms with Crippen LogP contribution in [0.15, 0.2) is 18.2 Å². The number of piperidine rings is 1. The molecule has 2 rings (SSSR count). The fourth-order valence-electron chi connectivity index (χ4n) is 2.68. The number of anilines is 1. The monoisotopic (exact) mass is 406 g/mol. The number of carbonyl (C=O) groups excluding carboxylic acids is 2. The first-order valence-corrected chi connectivity index (χ1v) is 10.6. The van der Waals surface area contributed by atoms with Gasteiger partial charge in [0.15, 0.2) is 9.84 Å². The molecule has 6 nitrogen and oxygen atoms in total. The van der Waals surface area contributed by atoms with Crippen LogP contribution in [0.2, 0.25) is 10.0 Å². The zero-order valence-electron chi connectivity index (χ0n) is 14.0. The number of hydrogen-bond acceptors (Lipinski definition) is 4. The van der Waals surface area contributed by atoms with Gasteiger partial charge in [0, 0.05) is 18.5 Å². The average molecular weight is 407 g/mol. The van der Waals surface area contributed by atoms with Crippen LogP contribution in [0.1, 0.15) is 26.2 Å². The minimum Gasteiger partial charge on any atom is -0.330 e. The summed E-state index contributed by atoms with van der Waals surface area (Å²) >= 11 is 11.8. The van der Waals surface area contributed by atoms with Gasteiger partial charge in [-0.25, -0.2) is 8.42 Å². The molecule has 1 fully saturated rings. The van der Waals surface area contributed by atoms with Gasteiger partial charge < -0.3 is 10.2 Å². The van der Waals surface area contributed by atoms with Crippen LogP contribution in [0.25, 0.3) is 0 Å². The van der Waals surface area contributed by atoms with Gasteiger partial charge in [-0.1, -0.05) is 23.2 Å². The summed E-state index contributed by atoms with van der Waals surface area (Å²) in [7, 11) is -3.52. The predicted octanol–water partition coefficient (Wildman–Crippen LogP) is 2.75. The van der Waals surface area contributed by atoms with E-state index in [4.69, 9.17) is 23.2 Å². The normalized spacial score (nSPS) is 19.4. The van der Waals surface area contributed by atoms with Crippen molar-refractivity contribution in [3.05, 3.63) is 28.2 Å². The Morgan fingerprint density at radius 2 is 1.92 bits per heavy atom. The first kappa shape index (κ1) is 20.0. The molecular formula is C16H20Cl2N2O4S. The molecule has 138 valence electrons. The first-order chi connectivity index (χ1) is 11.6. The maximum atomic E-state index is 12.6. The number of carbonyl (C=O) groups is 2. The Labute approximate surface area is 157 Å². The summed E-state index contributed by atoms with van der Waals surface area (Å²) in [5, 5.41) is 2.22. The molecule has 0 unspecified atom stereocenters. The third kappa shape index (κ3) is 4.86. The van der Waals surface area contributed by atoms with E-state index in [9.17, 15) is 18.0 Å². The molecule has 25 heavy (non-hydrogen) atoms. The Bertz CT molecular complexity index is 782. The number of hydrogen-bond donors (Lipinski definition) is 1. The Morgan fingerprint density at radius 1 is 1.24 bits per heavy atom. The fourth-order valence-corrected chi connectivity index (χ4v) is 3.48. The molecule has 0 aliphatic carbocycles. The van der Waals surface area contributed by atoms with Crippen molar-refractivity contribution in [1.29, 1.82) is 0 Å². The Balaban J connectivity index is 2.17. The molecule has 0 spiro atoms. The van der Waals surface area contributed by atoms with E-state index in [1.54, 1.807) is 12.1 Å². The molecule has 0 bridgehead atoms. The van der Waals surface area contributed by atoms with Crippen LogP contribution < -0.4 is 5.32 Å². The smallest absolute Gasteiger partial charge is 0.247 e. The Hall–Kier alpha value is -1.31. The van der Waals surface area contributed by atoms with E-state index in [2.05, 4.69) is 5.32 Å². The van der Waals surface area contributed by atoms with E-state index < -0.39 is 27.0 Å². The van der Waals surface area contributed by atoms with Gasteiger partial charge in [-0.05, 0) is 44.4 Å². The lowest BCUT2D eigenvalue weighted by Gasteiger charge is -2.36. The van der Waals surface area contributed by atoms with Crippen LogP contribution in [0.3, 0.4) is 0 Å². The van der Waals surface area contributed by atoms with Gasteiger partial charge in [0.1, 0.15) is 11.3 Å². The molecule has 1 aliphatic heterocycles. The number of rotatable bonds is 4. The second-order valence-electron chi connectivity index (χ2n) is 6.13. The molecule has 1 N–H and O–H groups in total. The van der Waals surface area contributed by atoms with Crippen molar-refractivity contribution < 1.29 is 18.0 Å². The minimum absolute atomic E-state index is 0.307. The van der Waals surface area contributed by atoms with Crippen LogP contribution in [-0.4, -0.2) is 49.2 Å². The molecule has 9 heteroatoms. The lowest BCUT2D eigenvalue weighted by atomic mass is 10.0.